The third kappa shape index (κ3) is 3.61. The number of aryl methyl sites for hydroxylation is 1. The fraction of sp³-hybridized carbons (Fsp3) is 0.429. The van der Waals surface area contributed by atoms with E-state index in [1.165, 1.54) is 38.8 Å². The van der Waals surface area contributed by atoms with Gasteiger partial charge >= 0.3 is 0 Å². The molecule has 2 saturated heterocycles. The fourth-order valence-corrected chi connectivity index (χ4v) is 6.05. The van der Waals surface area contributed by atoms with Crippen LogP contribution in [0.3, 0.4) is 0 Å². The van der Waals surface area contributed by atoms with E-state index in [0.717, 1.165) is 40.6 Å². The quantitative estimate of drug-likeness (QED) is 0.562. The molecule has 3 aromatic rings. The van der Waals surface area contributed by atoms with E-state index in [2.05, 4.69) is 15.2 Å². The summed E-state index contributed by atoms with van der Waals surface area (Å²) >= 11 is 0. The monoisotopic (exact) mass is 457 g/mol. The number of phenols is 1. The van der Waals surface area contributed by atoms with Gasteiger partial charge in [0.05, 0.1) is 16.6 Å². The van der Waals surface area contributed by atoms with E-state index in [-0.39, 0.29) is 17.2 Å². The maximum Gasteiger partial charge on any atom is 0.252 e. The van der Waals surface area contributed by atoms with Gasteiger partial charge in [-0.25, -0.2) is 0 Å². The smallest absolute Gasteiger partial charge is 0.252 e. The molecule has 6 heteroatoms. The lowest BCUT2D eigenvalue weighted by atomic mass is 9.95. The molecule has 0 unspecified atom stereocenters. The number of pyridine rings is 1. The number of aromatic hydroxyl groups is 1. The Hall–Kier alpha value is -3.12. The molecule has 1 amide bonds. The van der Waals surface area contributed by atoms with Crippen LogP contribution in [0.2, 0.25) is 0 Å². The second-order valence-corrected chi connectivity index (χ2v) is 10.3. The molecule has 176 valence electrons. The summed E-state index contributed by atoms with van der Waals surface area (Å²) in [5.41, 5.74) is 2.92. The molecule has 2 aliphatic heterocycles. The van der Waals surface area contributed by atoms with Crippen molar-refractivity contribution in [2.45, 2.75) is 56.5 Å². The highest BCUT2D eigenvalue weighted by molar-refractivity contribution is 5.97. The average Bonchev–Trinajstić information content (AvgIpc) is 3.32. The third-order valence-electron chi connectivity index (χ3n) is 8.10. The highest BCUT2D eigenvalue weighted by Gasteiger charge is 2.47. The van der Waals surface area contributed by atoms with Gasteiger partial charge in [-0.15, -0.1) is 0 Å². The molecule has 0 spiro atoms. The van der Waals surface area contributed by atoms with Gasteiger partial charge in [0.15, 0.2) is 0 Å². The first-order valence-corrected chi connectivity index (χ1v) is 12.4. The van der Waals surface area contributed by atoms with Gasteiger partial charge in [0.25, 0.3) is 5.91 Å². The van der Waals surface area contributed by atoms with Crippen molar-refractivity contribution in [1.29, 1.82) is 0 Å². The minimum absolute atomic E-state index is 0.109. The number of phenolic OH excluding ortho intramolecular Hbond substituents is 1. The van der Waals surface area contributed by atoms with Crippen LogP contribution in [0, 0.1) is 6.92 Å². The highest BCUT2D eigenvalue weighted by Crippen LogP contribution is 2.49. The zero-order valence-corrected chi connectivity index (χ0v) is 19.6. The van der Waals surface area contributed by atoms with Crippen LogP contribution in [-0.4, -0.2) is 46.1 Å². The van der Waals surface area contributed by atoms with E-state index >= 15 is 0 Å². The SMILES string of the molecule is Cc1ccc(OCC23CCCN2CCC3)cc1C(=O)NC1(c2cc(O)cc3ncccc23)CC1. The fourth-order valence-electron chi connectivity index (χ4n) is 6.05. The topological polar surface area (TPSA) is 74.7 Å². The van der Waals surface area contributed by atoms with E-state index in [4.69, 9.17) is 4.74 Å². The maximum absolute atomic E-state index is 13.5. The van der Waals surface area contributed by atoms with Crippen LogP contribution in [0.5, 0.6) is 11.5 Å². The van der Waals surface area contributed by atoms with Crippen molar-refractivity contribution >= 4 is 16.8 Å². The number of hydrogen-bond acceptors (Lipinski definition) is 5. The number of carbonyl (C=O) groups excluding carboxylic acids is 1. The lowest BCUT2D eigenvalue weighted by molar-refractivity contribution is 0.0928. The summed E-state index contributed by atoms with van der Waals surface area (Å²) in [6.45, 7) is 4.99. The van der Waals surface area contributed by atoms with Crippen molar-refractivity contribution in [3.63, 3.8) is 0 Å². The third-order valence-corrected chi connectivity index (χ3v) is 8.10. The number of fused-ring (bicyclic) bond motifs is 2. The van der Waals surface area contributed by atoms with Gasteiger partial charge in [-0.05, 0) is 93.9 Å². The summed E-state index contributed by atoms with van der Waals surface area (Å²) in [5.74, 6) is 0.809. The minimum atomic E-state index is -0.479. The molecule has 1 aliphatic carbocycles. The first kappa shape index (κ1) is 21.4. The lowest BCUT2D eigenvalue weighted by Crippen LogP contribution is -2.43. The van der Waals surface area contributed by atoms with Gasteiger partial charge in [-0.2, -0.15) is 0 Å². The van der Waals surface area contributed by atoms with Crippen LogP contribution in [0.1, 0.15) is 60.0 Å². The molecule has 1 aromatic heterocycles. The molecule has 6 nitrogen and oxygen atoms in total. The van der Waals surface area contributed by atoms with Crippen LogP contribution < -0.4 is 10.1 Å². The standard InChI is InChI=1S/C28H31N3O3/c1-19-6-7-21(34-18-27-8-3-13-31(27)14-4-9-27)17-23(19)26(33)30-28(10-11-28)24-15-20(32)16-25-22(24)5-2-12-29-25/h2,5-7,12,15-17,32H,3-4,8-11,13-14,18H2,1H3,(H,30,33). The molecular formula is C28H31N3O3. The Morgan fingerprint density at radius 3 is 2.68 bits per heavy atom. The molecule has 0 radical (unpaired) electrons. The number of aromatic nitrogens is 1. The molecule has 1 saturated carbocycles. The molecule has 34 heavy (non-hydrogen) atoms. The molecule has 3 fully saturated rings. The summed E-state index contributed by atoms with van der Waals surface area (Å²) in [6, 6.07) is 13.1. The molecule has 0 atom stereocenters. The number of rotatable bonds is 6. The first-order valence-electron chi connectivity index (χ1n) is 12.4. The molecule has 3 heterocycles. The Morgan fingerprint density at radius 2 is 1.91 bits per heavy atom. The lowest BCUT2D eigenvalue weighted by Gasteiger charge is -2.31. The van der Waals surface area contributed by atoms with E-state index in [1.54, 1.807) is 18.3 Å². The van der Waals surface area contributed by atoms with Gasteiger partial charge in [0, 0.05) is 23.2 Å². The Labute approximate surface area is 199 Å². The molecule has 2 aromatic carbocycles. The largest absolute Gasteiger partial charge is 0.508 e. The van der Waals surface area contributed by atoms with Crippen LogP contribution in [0.15, 0.2) is 48.7 Å². The maximum atomic E-state index is 13.5. The number of hydrogen-bond donors (Lipinski definition) is 2. The number of ether oxygens (including phenoxy) is 1. The van der Waals surface area contributed by atoms with Gasteiger partial charge in [-0.3, -0.25) is 14.7 Å². The van der Waals surface area contributed by atoms with Crippen LogP contribution in [-0.2, 0) is 5.54 Å². The van der Waals surface area contributed by atoms with Crippen molar-refractivity contribution in [3.8, 4) is 11.5 Å². The molecule has 6 rings (SSSR count). The summed E-state index contributed by atoms with van der Waals surface area (Å²) in [5, 5.41) is 14.5. The predicted molar refractivity (Wildman–Crippen MR) is 131 cm³/mol. The molecule has 0 bridgehead atoms. The minimum Gasteiger partial charge on any atom is -0.508 e. The Bertz CT molecular complexity index is 1260. The summed E-state index contributed by atoms with van der Waals surface area (Å²) < 4.78 is 6.28. The number of nitrogens with one attached hydrogen (secondary N) is 1. The van der Waals surface area contributed by atoms with Gasteiger partial charge in [-0.1, -0.05) is 12.1 Å². The van der Waals surface area contributed by atoms with Crippen molar-refractivity contribution < 1.29 is 14.6 Å². The van der Waals surface area contributed by atoms with Gasteiger partial charge < -0.3 is 15.2 Å². The van der Waals surface area contributed by atoms with Crippen LogP contribution in [0.4, 0.5) is 0 Å². The number of amides is 1. The highest BCUT2D eigenvalue weighted by atomic mass is 16.5. The Kier molecular flexibility index (Phi) is 5.03. The van der Waals surface area contributed by atoms with E-state index in [9.17, 15) is 9.90 Å². The molecular weight excluding hydrogens is 426 g/mol. The summed E-state index contributed by atoms with van der Waals surface area (Å²) in [6.07, 6.45) is 8.26. The summed E-state index contributed by atoms with van der Waals surface area (Å²) in [7, 11) is 0. The zero-order valence-electron chi connectivity index (χ0n) is 19.6. The number of benzene rings is 2. The predicted octanol–water partition coefficient (Wildman–Crippen LogP) is 4.68. The normalized spacial score (nSPS) is 20.3. The van der Waals surface area contributed by atoms with Crippen molar-refractivity contribution in [1.82, 2.24) is 15.2 Å². The second kappa shape index (κ2) is 7.98. The van der Waals surface area contributed by atoms with Crippen molar-refractivity contribution in [3.05, 3.63) is 65.4 Å². The Balaban J connectivity index is 1.23. The number of nitrogens with zero attached hydrogens (tertiary/aromatic N) is 2. The zero-order chi connectivity index (χ0) is 23.3. The van der Waals surface area contributed by atoms with E-state index in [0.29, 0.717) is 12.2 Å². The summed E-state index contributed by atoms with van der Waals surface area (Å²) in [4.78, 5) is 20.4. The second-order valence-electron chi connectivity index (χ2n) is 10.3. The molecule has 3 aliphatic rings. The Morgan fingerprint density at radius 1 is 1.12 bits per heavy atom. The van der Waals surface area contributed by atoms with Crippen LogP contribution >= 0.6 is 0 Å². The average molecular weight is 458 g/mol. The van der Waals surface area contributed by atoms with Crippen molar-refractivity contribution in [2.75, 3.05) is 19.7 Å². The van der Waals surface area contributed by atoms with E-state index in [1.807, 2.05) is 37.3 Å². The van der Waals surface area contributed by atoms with E-state index < -0.39 is 5.54 Å². The number of carbonyl (C=O) groups is 1. The van der Waals surface area contributed by atoms with Gasteiger partial charge in [0.1, 0.15) is 18.1 Å². The van der Waals surface area contributed by atoms with Crippen LogP contribution in [0.25, 0.3) is 10.9 Å². The first-order chi connectivity index (χ1) is 16.5. The molecule has 2 N–H and O–H groups in total. The van der Waals surface area contributed by atoms with Crippen molar-refractivity contribution in [2.24, 2.45) is 0 Å². The van der Waals surface area contributed by atoms with Gasteiger partial charge in [0.2, 0.25) is 0 Å².